The molecular weight excluding hydrogens is 346 g/mol. The van der Waals surface area contributed by atoms with Crippen molar-refractivity contribution in [3.63, 3.8) is 0 Å². The van der Waals surface area contributed by atoms with Crippen molar-refractivity contribution >= 4 is 48.7 Å². The highest BCUT2D eigenvalue weighted by Crippen LogP contribution is 2.48. The third-order valence-corrected chi connectivity index (χ3v) is 6.70. The van der Waals surface area contributed by atoms with Gasteiger partial charge in [-0.15, -0.1) is 0 Å². The van der Waals surface area contributed by atoms with E-state index in [0.29, 0.717) is 12.0 Å². The summed E-state index contributed by atoms with van der Waals surface area (Å²) in [5.41, 5.74) is 5.96. The first-order valence-corrected chi connectivity index (χ1v) is 10.5. The van der Waals surface area contributed by atoms with Gasteiger partial charge in [0.05, 0.1) is 6.04 Å². The molecule has 2 atom stereocenters. The molecule has 1 aliphatic carbocycles. The van der Waals surface area contributed by atoms with Crippen LogP contribution in [-0.2, 0) is 0 Å². The van der Waals surface area contributed by atoms with Crippen LogP contribution in [0.25, 0.3) is 21.9 Å². The van der Waals surface area contributed by atoms with Crippen LogP contribution in [0, 0.1) is 0 Å². The van der Waals surface area contributed by atoms with Gasteiger partial charge in [0.2, 0.25) is 0 Å². The number of hydrogen-bond acceptors (Lipinski definition) is 2. The second kappa shape index (κ2) is 5.48. The molecule has 0 saturated carbocycles. The molecule has 1 aliphatic heterocycles. The van der Waals surface area contributed by atoms with Gasteiger partial charge in [0.1, 0.15) is 11.2 Å². The lowest BCUT2D eigenvalue weighted by atomic mass is 9.91. The van der Waals surface area contributed by atoms with Crippen LogP contribution in [0.3, 0.4) is 0 Å². The molecule has 2 heterocycles. The van der Waals surface area contributed by atoms with Crippen LogP contribution >= 0.6 is 0 Å². The molecule has 0 N–H and O–H groups in total. The largest absolute Gasteiger partial charge is 0.456 e. The summed E-state index contributed by atoms with van der Waals surface area (Å²) >= 11 is 0. The van der Waals surface area contributed by atoms with E-state index in [1.807, 2.05) is 0 Å². The number of furan rings is 1. The van der Waals surface area contributed by atoms with Crippen LogP contribution < -0.4 is 10.1 Å². The minimum Gasteiger partial charge on any atom is -0.456 e. The van der Waals surface area contributed by atoms with Gasteiger partial charge in [-0.3, -0.25) is 0 Å². The molecule has 2 aliphatic rings. The number of nitrogens with zero attached hydrogens (tertiary/aromatic N) is 1. The van der Waals surface area contributed by atoms with E-state index in [0.717, 1.165) is 21.4 Å². The quantitative estimate of drug-likeness (QED) is 0.468. The minimum atomic E-state index is 0.331. The lowest BCUT2D eigenvalue weighted by Gasteiger charge is -2.28. The van der Waals surface area contributed by atoms with E-state index in [1.54, 1.807) is 0 Å². The second-order valence-corrected chi connectivity index (χ2v) is 8.53. The van der Waals surface area contributed by atoms with Crippen molar-refractivity contribution in [1.29, 1.82) is 0 Å². The van der Waals surface area contributed by atoms with E-state index < -0.39 is 0 Å². The molecule has 0 fully saturated rings. The Hall–Kier alpha value is -3.04. The highest BCUT2D eigenvalue weighted by molar-refractivity contribution is 6.39. The Balaban J connectivity index is 1.59. The van der Waals surface area contributed by atoms with Gasteiger partial charge < -0.3 is 9.32 Å². The van der Waals surface area contributed by atoms with E-state index >= 15 is 0 Å². The molecule has 0 spiro atoms. The summed E-state index contributed by atoms with van der Waals surface area (Å²) in [4.78, 5) is 2.48. The Kier molecular flexibility index (Phi) is 3.05. The third-order valence-electron chi connectivity index (χ3n) is 5.91. The molecule has 130 valence electrons. The monoisotopic (exact) mass is 365 g/mol. The van der Waals surface area contributed by atoms with Crippen molar-refractivity contribution in [1.82, 2.24) is 0 Å². The van der Waals surface area contributed by atoms with Crippen LogP contribution in [0.15, 0.2) is 89.4 Å². The third kappa shape index (κ3) is 2.06. The molecular formula is C24H19NOSi. The van der Waals surface area contributed by atoms with Crippen molar-refractivity contribution in [2.45, 2.75) is 12.0 Å². The Morgan fingerprint density at radius 3 is 2.70 bits per heavy atom. The molecule has 0 amide bonds. The maximum Gasteiger partial charge on any atom is 0.135 e. The molecule has 0 bridgehead atoms. The average Bonchev–Trinajstić information content (AvgIpc) is 3.24. The smallest absolute Gasteiger partial charge is 0.135 e. The number of para-hydroxylation sites is 2. The molecule has 3 aromatic carbocycles. The minimum absolute atomic E-state index is 0.331. The zero-order valence-electron chi connectivity index (χ0n) is 15.1. The summed E-state index contributed by atoms with van der Waals surface area (Å²) in [5.74, 6) is 0.413. The lowest BCUT2D eigenvalue weighted by molar-refractivity contribution is 0.671. The second-order valence-electron chi connectivity index (χ2n) is 7.45. The van der Waals surface area contributed by atoms with Crippen molar-refractivity contribution < 1.29 is 4.42 Å². The van der Waals surface area contributed by atoms with Crippen LogP contribution in [-0.4, -0.2) is 16.3 Å². The molecule has 0 radical (unpaired) electrons. The molecule has 2 nitrogen and oxygen atoms in total. The predicted molar refractivity (Wildman–Crippen MR) is 117 cm³/mol. The first-order valence-electron chi connectivity index (χ1n) is 9.46. The van der Waals surface area contributed by atoms with Crippen molar-refractivity contribution in [2.24, 2.45) is 0 Å². The normalized spacial score (nSPS) is 20.5. The average molecular weight is 366 g/mol. The van der Waals surface area contributed by atoms with Gasteiger partial charge in [0.15, 0.2) is 0 Å². The predicted octanol–water partition coefficient (Wildman–Crippen LogP) is 4.31. The molecule has 2 unspecified atom stereocenters. The standard InChI is InChI=1S/C24H19NOSi/c27-23-11-5-8-18-19-14-15(12-13-22(19)26-24(18)23)25-20-9-3-1-6-16(20)17-7-2-4-10-21(17)25/h1-14,16,20H,27H3. The lowest BCUT2D eigenvalue weighted by Crippen LogP contribution is -2.28. The van der Waals surface area contributed by atoms with Gasteiger partial charge in [-0.2, -0.15) is 0 Å². The maximum absolute atomic E-state index is 6.17. The van der Waals surface area contributed by atoms with Gasteiger partial charge >= 0.3 is 0 Å². The summed E-state index contributed by atoms with van der Waals surface area (Å²) in [5, 5.41) is 3.75. The number of rotatable bonds is 1. The summed E-state index contributed by atoms with van der Waals surface area (Å²) < 4.78 is 6.17. The van der Waals surface area contributed by atoms with Crippen LogP contribution in [0.2, 0.25) is 0 Å². The maximum atomic E-state index is 6.17. The zero-order chi connectivity index (χ0) is 18.0. The van der Waals surface area contributed by atoms with E-state index in [9.17, 15) is 0 Å². The summed E-state index contributed by atoms with van der Waals surface area (Å²) in [7, 11) is 0.990. The summed E-state index contributed by atoms with van der Waals surface area (Å²) in [6, 6.07) is 22.2. The van der Waals surface area contributed by atoms with Gasteiger partial charge in [0, 0.05) is 38.3 Å². The number of hydrogen-bond donors (Lipinski definition) is 0. The molecule has 3 heteroatoms. The molecule has 0 saturated heterocycles. The first-order chi connectivity index (χ1) is 13.3. The summed E-state index contributed by atoms with van der Waals surface area (Å²) in [6.07, 6.45) is 8.97. The fourth-order valence-electron chi connectivity index (χ4n) is 4.67. The number of anilines is 2. The highest BCUT2D eigenvalue weighted by Gasteiger charge is 2.37. The van der Waals surface area contributed by atoms with E-state index in [-0.39, 0.29) is 0 Å². The van der Waals surface area contributed by atoms with Crippen molar-refractivity contribution in [2.75, 3.05) is 4.90 Å². The number of benzene rings is 3. The van der Waals surface area contributed by atoms with Crippen LogP contribution in [0.1, 0.15) is 11.5 Å². The fourth-order valence-corrected chi connectivity index (χ4v) is 5.23. The number of allylic oxidation sites excluding steroid dienone is 2. The van der Waals surface area contributed by atoms with Gasteiger partial charge in [-0.25, -0.2) is 0 Å². The Morgan fingerprint density at radius 1 is 0.852 bits per heavy atom. The highest BCUT2D eigenvalue weighted by atomic mass is 28.1. The fraction of sp³-hybridized carbons (Fsp3) is 0.0833. The molecule has 1 aromatic heterocycles. The molecule has 27 heavy (non-hydrogen) atoms. The van der Waals surface area contributed by atoms with Crippen LogP contribution in [0.5, 0.6) is 0 Å². The number of fused-ring (bicyclic) bond motifs is 6. The summed E-state index contributed by atoms with van der Waals surface area (Å²) in [6.45, 7) is 0. The van der Waals surface area contributed by atoms with E-state index in [1.165, 1.54) is 32.9 Å². The van der Waals surface area contributed by atoms with Crippen molar-refractivity contribution in [3.8, 4) is 0 Å². The van der Waals surface area contributed by atoms with E-state index in [4.69, 9.17) is 4.42 Å². The SMILES string of the molecule is [SiH3]c1cccc2c1oc1ccc(N3c4ccccc4C4C=CC=CC43)cc12. The van der Waals surface area contributed by atoms with Crippen LogP contribution in [0.4, 0.5) is 11.4 Å². The Bertz CT molecular complexity index is 1270. The van der Waals surface area contributed by atoms with Gasteiger partial charge in [-0.1, -0.05) is 60.7 Å². The van der Waals surface area contributed by atoms with Gasteiger partial charge in [0.25, 0.3) is 0 Å². The Morgan fingerprint density at radius 2 is 1.74 bits per heavy atom. The topological polar surface area (TPSA) is 16.4 Å². The zero-order valence-corrected chi connectivity index (χ0v) is 17.1. The first kappa shape index (κ1) is 15.1. The van der Waals surface area contributed by atoms with E-state index in [2.05, 4.69) is 89.9 Å². The molecule has 6 rings (SSSR count). The van der Waals surface area contributed by atoms with Gasteiger partial charge in [-0.05, 0) is 35.0 Å². The Labute approximate surface area is 160 Å². The van der Waals surface area contributed by atoms with Crippen molar-refractivity contribution in [3.05, 3.63) is 90.5 Å². The molecule has 4 aromatic rings.